The van der Waals surface area contributed by atoms with Crippen molar-refractivity contribution in [3.8, 4) is 0 Å². The van der Waals surface area contributed by atoms with Crippen molar-refractivity contribution in [1.82, 2.24) is 24.9 Å². The van der Waals surface area contributed by atoms with Gasteiger partial charge in [-0.15, -0.1) is 5.10 Å². The van der Waals surface area contributed by atoms with E-state index in [9.17, 15) is 4.79 Å². The van der Waals surface area contributed by atoms with E-state index in [1.807, 2.05) is 27.0 Å². The van der Waals surface area contributed by atoms with Crippen LogP contribution >= 0.6 is 11.6 Å². The number of halogens is 1. The van der Waals surface area contributed by atoms with Crippen LogP contribution in [0.25, 0.3) is 5.57 Å². The smallest absolute Gasteiger partial charge is 0.415 e. The van der Waals surface area contributed by atoms with Gasteiger partial charge in [0.1, 0.15) is 22.3 Å². The first kappa shape index (κ1) is 21.6. The third-order valence-electron chi connectivity index (χ3n) is 3.79. The van der Waals surface area contributed by atoms with E-state index < -0.39 is 11.7 Å². The van der Waals surface area contributed by atoms with Crippen LogP contribution in [0, 0.1) is 0 Å². The quantitative estimate of drug-likeness (QED) is 0.708. The van der Waals surface area contributed by atoms with Crippen molar-refractivity contribution in [2.45, 2.75) is 53.2 Å². The number of ether oxygens (including phenoxy) is 1. The predicted octanol–water partition coefficient (Wildman–Crippen LogP) is 3.82. The summed E-state index contributed by atoms with van der Waals surface area (Å²) in [7, 11) is 1.57. The minimum absolute atomic E-state index is 0.167. The predicted molar refractivity (Wildman–Crippen MR) is 110 cm³/mol. The average Bonchev–Trinajstić information content (AvgIpc) is 3.08. The summed E-state index contributed by atoms with van der Waals surface area (Å²) in [6, 6.07) is 0.167. The number of amides is 1. The van der Waals surface area contributed by atoms with Crippen molar-refractivity contribution >= 4 is 35.2 Å². The van der Waals surface area contributed by atoms with Gasteiger partial charge in [-0.1, -0.05) is 16.8 Å². The maximum atomic E-state index is 12.5. The monoisotopic (exact) mass is 407 g/mol. The minimum Gasteiger partial charge on any atom is -0.443 e. The lowest BCUT2D eigenvalue weighted by atomic mass is 10.2. The molecule has 0 saturated carbocycles. The molecule has 0 saturated heterocycles. The Morgan fingerprint density at radius 2 is 2.04 bits per heavy atom. The average molecular weight is 408 g/mol. The molecule has 10 heteroatoms. The number of nitrogens with zero attached hydrogens (tertiary/aromatic N) is 7. The van der Waals surface area contributed by atoms with Gasteiger partial charge in [-0.05, 0) is 41.5 Å². The van der Waals surface area contributed by atoms with Crippen molar-refractivity contribution in [2.75, 3.05) is 7.05 Å². The van der Waals surface area contributed by atoms with Gasteiger partial charge in [0, 0.05) is 31.5 Å². The number of hydrazone groups is 1. The molecule has 28 heavy (non-hydrogen) atoms. The molecule has 2 rings (SSSR count). The van der Waals surface area contributed by atoms with E-state index in [4.69, 9.17) is 16.3 Å². The molecule has 0 atom stereocenters. The van der Waals surface area contributed by atoms with E-state index in [2.05, 4.69) is 27.1 Å². The topological polar surface area (TPSA) is 88.2 Å². The first-order valence-electron chi connectivity index (χ1n) is 8.77. The zero-order valence-electron chi connectivity index (χ0n) is 17.3. The molecule has 1 aliphatic heterocycles. The summed E-state index contributed by atoms with van der Waals surface area (Å²) in [6.45, 7) is 14.8. The molecule has 1 aliphatic rings. The van der Waals surface area contributed by atoms with E-state index >= 15 is 0 Å². The molecule has 2 heterocycles. The Balaban J connectivity index is 2.44. The van der Waals surface area contributed by atoms with Gasteiger partial charge in [0.15, 0.2) is 5.82 Å². The van der Waals surface area contributed by atoms with Crippen molar-refractivity contribution in [1.29, 1.82) is 0 Å². The lowest BCUT2D eigenvalue weighted by Gasteiger charge is -2.32. The van der Waals surface area contributed by atoms with Crippen molar-refractivity contribution in [3.63, 3.8) is 0 Å². The Morgan fingerprint density at radius 1 is 1.39 bits per heavy atom. The number of hydrogen-bond donors (Lipinski definition) is 0. The summed E-state index contributed by atoms with van der Waals surface area (Å²) in [4.78, 5) is 18.2. The van der Waals surface area contributed by atoms with Crippen LogP contribution in [0.15, 0.2) is 34.0 Å². The number of carbonyl (C=O) groups is 1. The second-order valence-electron chi connectivity index (χ2n) is 7.56. The van der Waals surface area contributed by atoms with Gasteiger partial charge in [0.25, 0.3) is 0 Å². The molecule has 0 bridgehead atoms. The second-order valence-corrected chi connectivity index (χ2v) is 7.94. The SMILES string of the molecule is C=NN1C(N(C)C(=O)OC(C)(C)C)=CC(Cl)=N/C1=C(/C)c1cn(C(C)C)nn1. The standard InChI is InChI=1S/C18H26ClN7O2/c1-11(2)25-10-13(22-23-25)12(3)16-21-14(19)9-15(26(16)20-7)24(8)17(27)28-18(4,5)6/h9-11H,7H2,1-6,8H3/b16-12+. The number of carbonyl (C=O) groups excluding carboxylic acids is 1. The summed E-state index contributed by atoms with van der Waals surface area (Å²) in [5, 5.41) is 13.9. The van der Waals surface area contributed by atoms with Gasteiger partial charge >= 0.3 is 6.09 Å². The van der Waals surface area contributed by atoms with Crippen LogP contribution in [-0.4, -0.2) is 55.5 Å². The molecule has 0 fully saturated rings. The van der Waals surface area contributed by atoms with Gasteiger partial charge in [-0.25, -0.2) is 14.5 Å². The molecule has 9 nitrogen and oxygen atoms in total. The number of aliphatic imine (C=N–C) groups is 1. The molecule has 0 spiro atoms. The Hall–Kier alpha value is -2.68. The van der Waals surface area contributed by atoms with Crippen LogP contribution in [0.2, 0.25) is 0 Å². The second kappa shape index (κ2) is 8.14. The number of rotatable bonds is 4. The molecule has 1 aromatic rings. The molecule has 0 aliphatic carbocycles. The fourth-order valence-electron chi connectivity index (χ4n) is 2.32. The fourth-order valence-corrected chi connectivity index (χ4v) is 2.50. The van der Waals surface area contributed by atoms with Crippen molar-refractivity contribution in [3.05, 3.63) is 29.6 Å². The first-order chi connectivity index (χ1) is 12.9. The van der Waals surface area contributed by atoms with E-state index in [1.54, 1.807) is 32.5 Å². The van der Waals surface area contributed by atoms with Gasteiger partial charge < -0.3 is 4.74 Å². The summed E-state index contributed by atoms with van der Waals surface area (Å²) in [5.41, 5.74) is 0.654. The molecule has 0 unspecified atom stereocenters. The van der Waals surface area contributed by atoms with Crippen molar-refractivity contribution in [2.24, 2.45) is 10.1 Å². The van der Waals surface area contributed by atoms with E-state index in [0.29, 0.717) is 22.9 Å². The third-order valence-corrected chi connectivity index (χ3v) is 3.98. The summed E-state index contributed by atoms with van der Waals surface area (Å²) in [5.74, 6) is 0.749. The highest BCUT2D eigenvalue weighted by atomic mass is 35.5. The Labute approximate surface area is 170 Å². The summed E-state index contributed by atoms with van der Waals surface area (Å²) < 4.78 is 7.16. The molecule has 0 N–H and O–H groups in total. The Bertz CT molecular complexity index is 862. The van der Waals surface area contributed by atoms with Crippen LogP contribution in [0.1, 0.15) is 53.3 Å². The lowest BCUT2D eigenvalue weighted by Crippen LogP contribution is -2.39. The molecule has 152 valence electrons. The van der Waals surface area contributed by atoms with Crippen LogP contribution in [-0.2, 0) is 4.74 Å². The molecular weight excluding hydrogens is 382 g/mol. The zero-order valence-corrected chi connectivity index (χ0v) is 18.0. The largest absolute Gasteiger partial charge is 0.443 e. The van der Waals surface area contributed by atoms with E-state index in [1.165, 1.54) is 16.0 Å². The van der Waals surface area contributed by atoms with Crippen molar-refractivity contribution < 1.29 is 9.53 Å². The minimum atomic E-state index is -0.644. The van der Waals surface area contributed by atoms with E-state index in [0.717, 1.165) is 0 Å². The maximum Gasteiger partial charge on any atom is 0.415 e. The van der Waals surface area contributed by atoms with Gasteiger partial charge in [-0.2, -0.15) is 10.1 Å². The Kier molecular flexibility index (Phi) is 6.28. The highest BCUT2D eigenvalue weighted by Crippen LogP contribution is 2.30. The molecular formula is C18H26ClN7O2. The molecule has 1 amide bonds. The van der Waals surface area contributed by atoms with E-state index in [-0.39, 0.29) is 11.2 Å². The molecule has 0 aromatic carbocycles. The number of allylic oxidation sites excluding steroid dienone is 2. The van der Waals surface area contributed by atoms with Crippen LogP contribution in [0.5, 0.6) is 0 Å². The Morgan fingerprint density at radius 3 is 2.54 bits per heavy atom. The van der Waals surface area contributed by atoms with Gasteiger partial charge in [0.2, 0.25) is 0 Å². The normalized spacial score (nSPS) is 16.5. The maximum absolute atomic E-state index is 12.5. The highest BCUT2D eigenvalue weighted by molar-refractivity contribution is 6.68. The fraction of sp³-hybridized carbons (Fsp3) is 0.500. The first-order valence-corrected chi connectivity index (χ1v) is 9.15. The van der Waals surface area contributed by atoms with Gasteiger partial charge in [0.05, 0.1) is 6.20 Å². The van der Waals surface area contributed by atoms with Crippen LogP contribution in [0.4, 0.5) is 4.79 Å². The van der Waals surface area contributed by atoms with Crippen LogP contribution in [0.3, 0.4) is 0 Å². The highest BCUT2D eigenvalue weighted by Gasteiger charge is 2.30. The molecule has 0 radical (unpaired) electrons. The summed E-state index contributed by atoms with van der Waals surface area (Å²) >= 11 is 6.23. The summed E-state index contributed by atoms with van der Waals surface area (Å²) in [6.07, 6.45) is 2.77. The van der Waals surface area contributed by atoms with Crippen LogP contribution < -0.4 is 0 Å². The number of aromatic nitrogens is 3. The number of hydrogen-bond acceptors (Lipinski definition) is 7. The molecule has 1 aromatic heterocycles. The third kappa shape index (κ3) is 4.78. The zero-order chi connectivity index (χ0) is 21.2. The van der Waals surface area contributed by atoms with Gasteiger partial charge in [-0.3, -0.25) is 4.90 Å². The lowest BCUT2D eigenvalue weighted by molar-refractivity contribution is 0.0311.